The molecular formula is C18H33N3O2. The molecule has 2 amide bonds. The first-order chi connectivity index (χ1) is 11.2. The van der Waals surface area contributed by atoms with Crippen LogP contribution in [0.25, 0.3) is 0 Å². The molecule has 0 spiro atoms. The molecule has 0 radical (unpaired) electrons. The number of rotatable bonds is 6. The molecule has 2 N–H and O–H groups in total. The maximum absolute atomic E-state index is 12.1. The molecule has 2 saturated carbocycles. The largest absolute Gasteiger partial charge is 0.381 e. The van der Waals surface area contributed by atoms with Gasteiger partial charge in [-0.05, 0) is 50.4 Å². The molecule has 0 aromatic rings. The van der Waals surface area contributed by atoms with E-state index in [9.17, 15) is 4.79 Å². The van der Waals surface area contributed by atoms with Crippen molar-refractivity contribution in [2.45, 2.75) is 63.5 Å². The van der Waals surface area contributed by atoms with Crippen LogP contribution in [-0.2, 0) is 4.74 Å². The standard InChI is InChI=1S/C18H33N3O2/c1-23-17-7-10-21(11-8-17)12-9-19-18(22)20-16-4-2-3-15(13-16)14-5-6-14/h14-17H,2-13H2,1H3,(H2,19,20,22)/t15-,16-/m1/s1. The van der Waals surface area contributed by atoms with Crippen LogP contribution < -0.4 is 10.6 Å². The Kier molecular flexibility index (Phi) is 6.17. The van der Waals surface area contributed by atoms with Gasteiger partial charge in [-0.3, -0.25) is 0 Å². The van der Waals surface area contributed by atoms with Gasteiger partial charge in [0.15, 0.2) is 0 Å². The Morgan fingerprint density at radius 1 is 1.09 bits per heavy atom. The van der Waals surface area contributed by atoms with Crippen LogP contribution in [0.15, 0.2) is 0 Å². The van der Waals surface area contributed by atoms with Crippen molar-refractivity contribution in [3.63, 3.8) is 0 Å². The summed E-state index contributed by atoms with van der Waals surface area (Å²) >= 11 is 0. The van der Waals surface area contributed by atoms with E-state index >= 15 is 0 Å². The van der Waals surface area contributed by atoms with Gasteiger partial charge < -0.3 is 20.3 Å². The smallest absolute Gasteiger partial charge is 0.315 e. The van der Waals surface area contributed by atoms with E-state index in [1.165, 1.54) is 32.1 Å². The topological polar surface area (TPSA) is 53.6 Å². The lowest BCUT2D eigenvalue weighted by molar-refractivity contribution is 0.0416. The predicted octanol–water partition coefficient (Wildman–Crippen LogP) is 2.37. The average molecular weight is 323 g/mol. The normalized spacial score (nSPS) is 30.1. The number of piperidine rings is 1. The van der Waals surface area contributed by atoms with Crippen molar-refractivity contribution < 1.29 is 9.53 Å². The highest BCUT2D eigenvalue weighted by molar-refractivity contribution is 5.74. The zero-order valence-corrected chi connectivity index (χ0v) is 14.6. The Morgan fingerprint density at radius 2 is 1.87 bits per heavy atom. The summed E-state index contributed by atoms with van der Waals surface area (Å²) in [5, 5.41) is 6.24. The van der Waals surface area contributed by atoms with Crippen molar-refractivity contribution in [1.82, 2.24) is 15.5 Å². The van der Waals surface area contributed by atoms with Gasteiger partial charge in [0.1, 0.15) is 0 Å². The van der Waals surface area contributed by atoms with Crippen LogP contribution in [0.4, 0.5) is 4.79 Å². The monoisotopic (exact) mass is 323 g/mol. The van der Waals surface area contributed by atoms with Crippen LogP contribution in [0.3, 0.4) is 0 Å². The van der Waals surface area contributed by atoms with Gasteiger partial charge in [-0.15, -0.1) is 0 Å². The van der Waals surface area contributed by atoms with Crippen LogP contribution in [-0.4, -0.2) is 56.4 Å². The van der Waals surface area contributed by atoms with E-state index in [0.717, 1.165) is 57.3 Å². The van der Waals surface area contributed by atoms with E-state index in [0.29, 0.717) is 12.1 Å². The Hall–Kier alpha value is -0.810. The summed E-state index contributed by atoms with van der Waals surface area (Å²) in [5.74, 6) is 1.84. The number of nitrogens with one attached hydrogen (secondary N) is 2. The number of ether oxygens (including phenoxy) is 1. The number of carbonyl (C=O) groups is 1. The summed E-state index contributed by atoms with van der Waals surface area (Å²) in [5.41, 5.74) is 0. The third-order valence-corrected chi connectivity index (χ3v) is 5.92. The van der Waals surface area contributed by atoms with Crippen molar-refractivity contribution >= 4 is 6.03 Å². The molecule has 0 bridgehead atoms. The molecule has 0 unspecified atom stereocenters. The highest BCUT2D eigenvalue weighted by Crippen LogP contribution is 2.43. The van der Waals surface area contributed by atoms with Gasteiger partial charge in [0.25, 0.3) is 0 Å². The third kappa shape index (κ3) is 5.35. The third-order valence-electron chi connectivity index (χ3n) is 5.92. The minimum atomic E-state index is 0.0261. The van der Waals surface area contributed by atoms with Crippen molar-refractivity contribution in [2.75, 3.05) is 33.3 Å². The summed E-state index contributed by atoms with van der Waals surface area (Å²) in [6.07, 6.45) is 10.5. The van der Waals surface area contributed by atoms with Gasteiger partial charge in [0.05, 0.1) is 6.10 Å². The number of methoxy groups -OCH3 is 1. The molecule has 3 rings (SSSR count). The molecule has 2 atom stereocenters. The van der Waals surface area contributed by atoms with Crippen LogP contribution >= 0.6 is 0 Å². The van der Waals surface area contributed by atoms with Crippen LogP contribution in [0, 0.1) is 11.8 Å². The van der Waals surface area contributed by atoms with E-state index in [4.69, 9.17) is 4.74 Å². The predicted molar refractivity (Wildman–Crippen MR) is 91.5 cm³/mol. The van der Waals surface area contributed by atoms with Crippen LogP contribution in [0.1, 0.15) is 51.4 Å². The minimum Gasteiger partial charge on any atom is -0.381 e. The van der Waals surface area contributed by atoms with Crippen LogP contribution in [0.5, 0.6) is 0 Å². The number of urea groups is 1. The van der Waals surface area contributed by atoms with E-state index in [1.54, 1.807) is 7.11 Å². The van der Waals surface area contributed by atoms with Gasteiger partial charge >= 0.3 is 6.03 Å². The molecule has 2 aliphatic carbocycles. The van der Waals surface area contributed by atoms with Gasteiger partial charge in [0, 0.05) is 39.3 Å². The first-order valence-electron chi connectivity index (χ1n) is 9.54. The molecule has 0 aromatic heterocycles. The van der Waals surface area contributed by atoms with E-state index < -0.39 is 0 Å². The molecule has 23 heavy (non-hydrogen) atoms. The second-order valence-electron chi connectivity index (χ2n) is 7.64. The zero-order valence-electron chi connectivity index (χ0n) is 14.6. The quantitative estimate of drug-likeness (QED) is 0.789. The number of hydrogen-bond acceptors (Lipinski definition) is 3. The van der Waals surface area contributed by atoms with Gasteiger partial charge in [-0.1, -0.05) is 12.8 Å². The van der Waals surface area contributed by atoms with Crippen molar-refractivity contribution in [1.29, 1.82) is 0 Å². The minimum absolute atomic E-state index is 0.0261. The summed E-state index contributed by atoms with van der Waals surface area (Å²) in [4.78, 5) is 14.5. The number of carbonyl (C=O) groups excluding carboxylic acids is 1. The highest BCUT2D eigenvalue weighted by atomic mass is 16.5. The SMILES string of the molecule is COC1CCN(CCNC(=O)N[C@@H]2CCC[C@@H](C3CC3)C2)CC1. The van der Waals surface area contributed by atoms with Gasteiger partial charge in [0.2, 0.25) is 0 Å². The lowest BCUT2D eigenvalue weighted by atomic mass is 9.83. The average Bonchev–Trinajstić information content (AvgIpc) is 3.41. The first-order valence-corrected chi connectivity index (χ1v) is 9.54. The molecule has 1 saturated heterocycles. The van der Waals surface area contributed by atoms with Gasteiger partial charge in [-0.2, -0.15) is 0 Å². The molecule has 5 nitrogen and oxygen atoms in total. The van der Waals surface area contributed by atoms with Crippen LogP contribution in [0.2, 0.25) is 0 Å². The lowest BCUT2D eigenvalue weighted by Gasteiger charge is -2.31. The van der Waals surface area contributed by atoms with Crippen molar-refractivity contribution in [3.8, 4) is 0 Å². The zero-order chi connectivity index (χ0) is 16.1. The number of nitrogens with zero attached hydrogens (tertiary/aromatic N) is 1. The van der Waals surface area contributed by atoms with Gasteiger partial charge in [-0.25, -0.2) is 4.79 Å². The molecular weight excluding hydrogens is 290 g/mol. The first kappa shape index (κ1) is 17.0. The molecule has 132 valence electrons. The fourth-order valence-corrected chi connectivity index (χ4v) is 4.29. The summed E-state index contributed by atoms with van der Waals surface area (Å²) in [7, 11) is 1.80. The molecule has 5 heteroatoms. The molecule has 3 fully saturated rings. The Morgan fingerprint density at radius 3 is 2.57 bits per heavy atom. The van der Waals surface area contributed by atoms with Crippen molar-refractivity contribution in [2.24, 2.45) is 11.8 Å². The lowest BCUT2D eigenvalue weighted by Crippen LogP contribution is -2.47. The summed E-state index contributed by atoms with van der Waals surface area (Å²) in [6, 6.07) is 0.421. The second kappa shape index (κ2) is 8.34. The number of hydrogen-bond donors (Lipinski definition) is 2. The fraction of sp³-hybridized carbons (Fsp3) is 0.944. The summed E-state index contributed by atoms with van der Waals surface area (Å²) < 4.78 is 5.39. The Balaban J connectivity index is 1.27. The highest BCUT2D eigenvalue weighted by Gasteiger charge is 2.35. The Bertz CT molecular complexity index is 378. The number of amides is 2. The van der Waals surface area contributed by atoms with E-state index in [-0.39, 0.29) is 6.03 Å². The fourth-order valence-electron chi connectivity index (χ4n) is 4.29. The number of likely N-dealkylation sites (tertiary alicyclic amines) is 1. The maximum atomic E-state index is 12.1. The van der Waals surface area contributed by atoms with E-state index in [1.807, 2.05) is 0 Å². The molecule has 1 aliphatic heterocycles. The maximum Gasteiger partial charge on any atom is 0.315 e. The molecule has 1 heterocycles. The Labute approximate surface area is 140 Å². The second-order valence-corrected chi connectivity index (χ2v) is 7.64. The molecule has 3 aliphatic rings. The van der Waals surface area contributed by atoms with Crippen molar-refractivity contribution in [3.05, 3.63) is 0 Å². The van der Waals surface area contributed by atoms with E-state index in [2.05, 4.69) is 15.5 Å². The molecule has 0 aromatic carbocycles. The summed E-state index contributed by atoms with van der Waals surface area (Å²) in [6.45, 7) is 3.84.